The van der Waals surface area contributed by atoms with Gasteiger partial charge in [0, 0.05) is 23.8 Å². The Balaban J connectivity index is 1.75. The lowest BCUT2D eigenvalue weighted by atomic mass is 10.1. The highest BCUT2D eigenvalue weighted by molar-refractivity contribution is 7.89. The van der Waals surface area contributed by atoms with Gasteiger partial charge in [-0.3, -0.25) is 0 Å². The third-order valence-corrected chi connectivity index (χ3v) is 5.71. The van der Waals surface area contributed by atoms with Crippen LogP contribution in [0, 0.1) is 0 Å². The third-order valence-electron chi connectivity index (χ3n) is 3.62. The fourth-order valence-corrected chi connectivity index (χ4v) is 4.33. The lowest BCUT2D eigenvalue weighted by molar-refractivity contribution is 0.124. The summed E-state index contributed by atoms with van der Waals surface area (Å²) in [4.78, 5) is 8.04. The number of hydrogen-bond donors (Lipinski definition) is 0. The van der Waals surface area contributed by atoms with Crippen LogP contribution in [0.15, 0.2) is 47.8 Å². The van der Waals surface area contributed by atoms with Gasteiger partial charge < -0.3 is 4.74 Å². The molecule has 1 atom stereocenters. The Morgan fingerprint density at radius 3 is 2.91 bits per heavy atom. The number of aromatic nitrogens is 2. The van der Waals surface area contributed by atoms with E-state index in [0.717, 1.165) is 12.8 Å². The molecule has 0 radical (unpaired) electrons. The molecule has 1 aromatic heterocycles. The Hall–Kier alpha value is -1.70. The molecule has 0 bridgehead atoms. The number of sulfonamides is 1. The van der Waals surface area contributed by atoms with Crippen LogP contribution in [0.25, 0.3) is 0 Å². The minimum absolute atomic E-state index is 0.202. The van der Waals surface area contributed by atoms with Gasteiger partial charge in [0.05, 0.1) is 11.4 Å². The molecule has 6 nitrogen and oxygen atoms in total. The van der Waals surface area contributed by atoms with Crippen LogP contribution in [-0.2, 0) is 10.0 Å². The molecule has 2 aromatic rings. The fraction of sp³-hybridized carbons (Fsp3) is 0.333. The SMILES string of the molecule is O=S(=O)(c1cccc(Cl)c1)N1CCCC(Oc2ccncn2)C1. The molecule has 3 rings (SSSR count). The molecule has 0 aliphatic carbocycles. The Labute approximate surface area is 140 Å². The molecule has 0 amide bonds. The van der Waals surface area contributed by atoms with Gasteiger partial charge in [0.15, 0.2) is 0 Å². The summed E-state index contributed by atoms with van der Waals surface area (Å²) in [7, 11) is -3.57. The van der Waals surface area contributed by atoms with Gasteiger partial charge in [0.25, 0.3) is 0 Å². The van der Waals surface area contributed by atoms with Crippen molar-refractivity contribution in [2.45, 2.75) is 23.8 Å². The molecule has 0 N–H and O–H groups in total. The van der Waals surface area contributed by atoms with Crippen LogP contribution in [0.2, 0.25) is 5.02 Å². The van der Waals surface area contributed by atoms with E-state index in [2.05, 4.69) is 9.97 Å². The lowest BCUT2D eigenvalue weighted by Crippen LogP contribution is -2.44. The van der Waals surface area contributed by atoms with Crippen LogP contribution < -0.4 is 4.74 Å². The van der Waals surface area contributed by atoms with Gasteiger partial charge in [-0.2, -0.15) is 4.31 Å². The number of halogens is 1. The summed E-state index contributed by atoms with van der Waals surface area (Å²) in [6.45, 7) is 0.761. The van der Waals surface area contributed by atoms with Crippen molar-refractivity contribution >= 4 is 21.6 Å². The van der Waals surface area contributed by atoms with Gasteiger partial charge in [-0.15, -0.1) is 0 Å². The number of ether oxygens (including phenoxy) is 1. The molecule has 2 heterocycles. The van der Waals surface area contributed by atoms with Gasteiger partial charge in [0.1, 0.15) is 12.4 Å². The van der Waals surface area contributed by atoms with Crippen molar-refractivity contribution in [3.05, 3.63) is 47.9 Å². The standard InChI is InChI=1S/C15H16ClN3O3S/c16-12-3-1-5-14(9-12)23(20,21)19-8-2-4-13(10-19)22-15-6-7-17-11-18-15/h1,3,5-7,9,11,13H,2,4,8,10H2. The van der Waals surface area contributed by atoms with Gasteiger partial charge in [0.2, 0.25) is 15.9 Å². The molecule has 1 aromatic carbocycles. The molecule has 23 heavy (non-hydrogen) atoms. The van der Waals surface area contributed by atoms with E-state index < -0.39 is 10.0 Å². The molecule has 0 spiro atoms. The zero-order valence-electron chi connectivity index (χ0n) is 12.3. The summed E-state index contributed by atoms with van der Waals surface area (Å²) < 4.78 is 32.6. The highest BCUT2D eigenvalue weighted by atomic mass is 35.5. The van der Waals surface area contributed by atoms with E-state index in [9.17, 15) is 8.42 Å². The van der Waals surface area contributed by atoms with Crippen LogP contribution in [0.4, 0.5) is 0 Å². The molecule has 1 fully saturated rings. The van der Waals surface area contributed by atoms with Crippen LogP contribution >= 0.6 is 11.6 Å². The predicted octanol–water partition coefficient (Wildman–Crippen LogP) is 2.36. The minimum Gasteiger partial charge on any atom is -0.473 e. The number of rotatable bonds is 4. The van der Waals surface area contributed by atoms with Crippen LogP contribution in [0.1, 0.15) is 12.8 Å². The van der Waals surface area contributed by atoms with Crippen molar-refractivity contribution in [2.24, 2.45) is 0 Å². The predicted molar refractivity (Wildman–Crippen MR) is 85.9 cm³/mol. The van der Waals surface area contributed by atoms with E-state index in [1.165, 1.54) is 16.7 Å². The topological polar surface area (TPSA) is 72.4 Å². The van der Waals surface area contributed by atoms with Crippen LogP contribution in [0.3, 0.4) is 0 Å². The maximum absolute atomic E-state index is 12.7. The van der Waals surface area contributed by atoms with Crippen molar-refractivity contribution in [3.63, 3.8) is 0 Å². The van der Waals surface area contributed by atoms with E-state index in [0.29, 0.717) is 24.0 Å². The van der Waals surface area contributed by atoms with Crippen LogP contribution in [0.5, 0.6) is 5.88 Å². The molecule has 1 aliphatic rings. The smallest absolute Gasteiger partial charge is 0.243 e. The molecular formula is C15H16ClN3O3S. The fourth-order valence-electron chi connectivity index (χ4n) is 2.52. The van der Waals surface area contributed by atoms with Crippen molar-refractivity contribution < 1.29 is 13.2 Å². The Morgan fingerprint density at radius 1 is 1.30 bits per heavy atom. The zero-order valence-corrected chi connectivity index (χ0v) is 13.9. The quantitative estimate of drug-likeness (QED) is 0.843. The van der Waals surface area contributed by atoms with E-state index in [4.69, 9.17) is 16.3 Å². The monoisotopic (exact) mass is 353 g/mol. The highest BCUT2D eigenvalue weighted by Crippen LogP contribution is 2.24. The lowest BCUT2D eigenvalue weighted by Gasteiger charge is -2.31. The largest absolute Gasteiger partial charge is 0.473 e. The molecule has 1 unspecified atom stereocenters. The van der Waals surface area contributed by atoms with E-state index in [1.54, 1.807) is 30.5 Å². The highest BCUT2D eigenvalue weighted by Gasteiger charge is 2.31. The third kappa shape index (κ3) is 3.80. The molecule has 1 aliphatic heterocycles. The molecule has 122 valence electrons. The van der Waals surface area contributed by atoms with Crippen molar-refractivity contribution in [3.8, 4) is 5.88 Å². The minimum atomic E-state index is -3.57. The maximum Gasteiger partial charge on any atom is 0.243 e. The second-order valence-corrected chi connectivity index (χ2v) is 7.62. The van der Waals surface area contributed by atoms with Crippen molar-refractivity contribution in [1.29, 1.82) is 0 Å². The average molecular weight is 354 g/mol. The first-order valence-corrected chi connectivity index (χ1v) is 9.06. The Kier molecular flexibility index (Phi) is 4.79. The molecular weight excluding hydrogens is 338 g/mol. The average Bonchev–Trinajstić information content (AvgIpc) is 2.56. The summed E-state index contributed by atoms with van der Waals surface area (Å²) in [5, 5.41) is 0.400. The van der Waals surface area contributed by atoms with E-state index >= 15 is 0 Å². The number of hydrogen-bond acceptors (Lipinski definition) is 5. The van der Waals surface area contributed by atoms with Crippen molar-refractivity contribution in [2.75, 3.05) is 13.1 Å². The van der Waals surface area contributed by atoms with Gasteiger partial charge in [-0.25, -0.2) is 18.4 Å². The number of piperidine rings is 1. The number of benzene rings is 1. The molecule has 1 saturated heterocycles. The Bertz CT molecular complexity index is 771. The summed E-state index contributed by atoms with van der Waals surface area (Å²) in [5.41, 5.74) is 0. The maximum atomic E-state index is 12.7. The molecule has 0 saturated carbocycles. The molecule has 8 heteroatoms. The second-order valence-electron chi connectivity index (χ2n) is 5.25. The van der Waals surface area contributed by atoms with Crippen molar-refractivity contribution in [1.82, 2.24) is 14.3 Å². The zero-order chi connectivity index (χ0) is 16.3. The summed E-state index contributed by atoms with van der Waals surface area (Å²) in [5.74, 6) is 0.451. The normalized spacial score (nSPS) is 19.4. The van der Waals surface area contributed by atoms with Gasteiger partial charge in [-0.1, -0.05) is 17.7 Å². The van der Waals surface area contributed by atoms with E-state index in [1.807, 2.05) is 0 Å². The van der Waals surface area contributed by atoms with Crippen LogP contribution in [-0.4, -0.2) is 41.9 Å². The first-order valence-electron chi connectivity index (χ1n) is 7.24. The Morgan fingerprint density at radius 2 is 2.17 bits per heavy atom. The summed E-state index contributed by atoms with van der Waals surface area (Å²) >= 11 is 5.90. The second kappa shape index (κ2) is 6.82. The van der Waals surface area contributed by atoms with Gasteiger partial charge >= 0.3 is 0 Å². The summed E-state index contributed by atoms with van der Waals surface area (Å²) in [6.07, 6.45) is 4.28. The van der Waals surface area contributed by atoms with E-state index in [-0.39, 0.29) is 11.0 Å². The first kappa shape index (κ1) is 16.2. The summed E-state index contributed by atoms with van der Waals surface area (Å²) in [6, 6.07) is 7.96. The first-order chi connectivity index (χ1) is 11.1. The van der Waals surface area contributed by atoms with Gasteiger partial charge in [-0.05, 0) is 31.0 Å². The number of nitrogens with zero attached hydrogens (tertiary/aromatic N) is 3.